The summed E-state index contributed by atoms with van der Waals surface area (Å²) in [5.41, 5.74) is 1.73. The third-order valence-electron chi connectivity index (χ3n) is 6.15. The number of benzene rings is 2. The van der Waals surface area contributed by atoms with Gasteiger partial charge in [0.25, 0.3) is 0 Å². The van der Waals surface area contributed by atoms with E-state index in [1.54, 1.807) is 0 Å². The fourth-order valence-corrected chi connectivity index (χ4v) is 4.34. The van der Waals surface area contributed by atoms with E-state index in [1.807, 2.05) is 72.9 Å². The molecule has 1 aliphatic rings. The largest absolute Gasteiger partial charge is 1.00 e. The third-order valence-corrected chi connectivity index (χ3v) is 6.15. The number of ketones is 1. The van der Waals surface area contributed by atoms with Crippen LogP contribution in [-0.4, -0.2) is 62.1 Å². The highest BCUT2D eigenvalue weighted by molar-refractivity contribution is 6.01. The van der Waals surface area contributed by atoms with Gasteiger partial charge in [-0.1, -0.05) is 66.7 Å². The first kappa shape index (κ1) is 24.5. The van der Waals surface area contributed by atoms with Crippen LogP contribution in [0.5, 0.6) is 0 Å². The maximum Gasteiger partial charge on any atom is 0.228 e. The smallest absolute Gasteiger partial charge is 0.228 e. The summed E-state index contributed by atoms with van der Waals surface area (Å²) in [6, 6.07) is 25.3. The van der Waals surface area contributed by atoms with Gasteiger partial charge < -0.3 is 28.7 Å². The molecule has 168 valence electrons. The Labute approximate surface area is 207 Å². The van der Waals surface area contributed by atoms with Crippen LogP contribution in [0.4, 0.5) is 5.82 Å². The lowest BCUT2D eigenvalue weighted by molar-refractivity contribution is -0.0000161. The molecule has 1 aliphatic heterocycles. The van der Waals surface area contributed by atoms with Gasteiger partial charge >= 0.3 is 0 Å². The number of ether oxygens (including phenoxy) is 1. The predicted octanol–water partition coefficient (Wildman–Crippen LogP) is 0.979. The molecule has 2 unspecified atom stereocenters. The average Bonchev–Trinajstić information content (AvgIpc) is 2.85. The van der Waals surface area contributed by atoms with E-state index in [9.17, 15) is 4.79 Å². The lowest BCUT2D eigenvalue weighted by Gasteiger charge is -2.41. The minimum Gasteiger partial charge on any atom is -1.00 e. The van der Waals surface area contributed by atoms with Gasteiger partial charge in [0.1, 0.15) is 0 Å². The number of likely N-dealkylation sites (N-methyl/N-ethyl adjacent to an activating group) is 1. The fraction of sp³-hybridized carbons (Fsp3) is 0.308. The van der Waals surface area contributed by atoms with E-state index in [1.165, 1.54) is 0 Å². The molecule has 2 aromatic carbocycles. The summed E-state index contributed by atoms with van der Waals surface area (Å²) in [7, 11) is 2.14. The van der Waals surface area contributed by atoms with Gasteiger partial charge in [-0.05, 0) is 6.07 Å². The van der Waals surface area contributed by atoms with Gasteiger partial charge in [0.2, 0.25) is 11.6 Å². The van der Waals surface area contributed by atoms with Crippen molar-refractivity contribution in [1.82, 2.24) is 14.4 Å². The van der Waals surface area contributed by atoms with Crippen molar-refractivity contribution in [3.8, 4) is 0 Å². The molecule has 6 heteroatoms. The number of hydrogen-bond donors (Lipinski definition) is 0. The molecule has 0 radical (unpaired) electrons. The Morgan fingerprint density at radius 3 is 2.22 bits per heavy atom. The number of Topliss-reactive ketones (excluding diaryl/α,β-unsaturated/α-hetero) is 1. The number of aromatic nitrogens is 1. The van der Waals surface area contributed by atoms with Crippen molar-refractivity contribution >= 4 is 11.6 Å². The van der Waals surface area contributed by atoms with Gasteiger partial charge in [0.15, 0.2) is 6.04 Å². The number of carbonyl (C=O) groups excluding carboxylic acids is 1. The lowest BCUT2D eigenvalue weighted by atomic mass is 9.93. The molecule has 0 N–H and O–H groups in total. The monoisotopic (exact) mass is 543 g/mol. The molecule has 4 rings (SSSR count). The van der Waals surface area contributed by atoms with Crippen LogP contribution in [-0.2, 0) is 4.74 Å². The molecule has 2 heterocycles. The molecule has 32 heavy (non-hydrogen) atoms. The molecular weight excluding hydrogens is 513 g/mol. The normalized spacial score (nSPS) is 17.0. The second-order valence-electron chi connectivity index (χ2n) is 8.18. The van der Waals surface area contributed by atoms with Crippen LogP contribution in [0, 0.1) is 0 Å². The second-order valence-corrected chi connectivity index (χ2v) is 8.18. The molecule has 0 spiro atoms. The zero-order valence-corrected chi connectivity index (χ0v) is 20.6. The number of nitrogens with zero attached hydrogens (tertiary/aromatic N) is 3. The van der Waals surface area contributed by atoms with E-state index in [-0.39, 0.29) is 35.8 Å². The summed E-state index contributed by atoms with van der Waals surface area (Å²) >= 11 is 0. The van der Waals surface area contributed by atoms with E-state index >= 15 is 0 Å². The number of pyridine rings is 1. The Balaban J connectivity index is 0.00000289. The maximum absolute atomic E-state index is 13.9. The SMILES string of the molecule is C[N+](CCN1CCOCC1)(c1ccccn1)C(C(=O)c1ccccc1)c1ccccc1.[I-]. The summed E-state index contributed by atoms with van der Waals surface area (Å²) in [5, 5.41) is 0. The fourth-order valence-electron chi connectivity index (χ4n) is 4.34. The standard InChI is InChI=1S/C26H30N3O2.HI/c1-29(24-14-8-9-15-27-24,19-16-28-17-20-31-21-18-28)25(22-10-4-2-5-11-22)26(30)23-12-6-3-7-13-23;/h2-15,25H,16-21H2,1H3;1H/q+1;/p-1. The van der Waals surface area contributed by atoms with Crippen molar-refractivity contribution < 1.29 is 33.5 Å². The molecule has 0 amide bonds. The Hall–Kier alpha value is -2.13. The van der Waals surface area contributed by atoms with Crippen LogP contribution in [0.2, 0.25) is 0 Å². The van der Waals surface area contributed by atoms with Gasteiger partial charge in [0.05, 0.1) is 26.8 Å². The Morgan fingerprint density at radius 1 is 0.969 bits per heavy atom. The quantitative estimate of drug-likeness (QED) is 0.242. The van der Waals surface area contributed by atoms with E-state index in [0.717, 1.165) is 56.3 Å². The molecule has 1 fully saturated rings. The number of morpholine rings is 1. The van der Waals surface area contributed by atoms with Crippen LogP contribution < -0.4 is 28.5 Å². The van der Waals surface area contributed by atoms with Crippen molar-refractivity contribution in [2.24, 2.45) is 0 Å². The molecule has 0 aliphatic carbocycles. The lowest BCUT2D eigenvalue weighted by Crippen LogP contribution is -3.00. The minimum atomic E-state index is -0.389. The summed E-state index contributed by atoms with van der Waals surface area (Å²) in [6.07, 6.45) is 1.82. The van der Waals surface area contributed by atoms with Crippen LogP contribution in [0.15, 0.2) is 85.1 Å². The van der Waals surface area contributed by atoms with E-state index in [0.29, 0.717) is 4.48 Å². The average molecular weight is 543 g/mol. The van der Waals surface area contributed by atoms with Crippen LogP contribution in [0.1, 0.15) is 22.0 Å². The number of carbonyl (C=O) groups is 1. The van der Waals surface area contributed by atoms with Gasteiger partial charge in [-0.25, -0.2) is 4.98 Å². The molecule has 2 atom stereocenters. The molecule has 0 saturated carbocycles. The molecule has 1 aromatic heterocycles. The first-order chi connectivity index (χ1) is 15.2. The van der Waals surface area contributed by atoms with Crippen LogP contribution in [0.3, 0.4) is 0 Å². The van der Waals surface area contributed by atoms with Crippen molar-refractivity contribution in [3.63, 3.8) is 0 Å². The number of halogens is 1. The topological polar surface area (TPSA) is 42.4 Å². The van der Waals surface area contributed by atoms with E-state index < -0.39 is 0 Å². The van der Waals surface area contributed by atoms with Gasteiger partial charge in [-0.15, -0.1) is 0 Å². The Kier molecular flexibility index (Phi) is 8.92. The number of rotatable bonds is 8. The highest BCUT2D eigenvalue weighted by Gasteiger charge is 2.43. The number of quaternary nitrogens is 1. The van der Waals surface area contributed by atoms with Crippen molar-refractivity contribution in [1.29, 1.82) is 0 Å². The summed E-state index contributed by atoms with van der Waals surface area (Å²) in [4.78, 5) is 21.1. The maximum atomic E-state index is 13.9. The Bertz CT molecular complexity index is 966. The zero-order valence-electron chi connectivity index (χ0n) is 18.4. The molecule has 1 saturated heterocycles. The van der Waals surface area contributed by atoms with Gasteiger partial charge in [-0.2, -0.15) is 0 Å². The zero-order chi connectivity index (χ0) is 21.5. The van der Waals surface area contributed by atoms with Crippen LogP contribution >= 0.6 is 0 Å². The van der Waals surface area contributed by atoms with Gasteiger partial charge in [-0.3, -0.25) is 14.2 Å². The third kappa shape index (κ3) is 5.61. The second kappa shape index (κ2) is 11.7. The minimum absolute atomic E-state index is 0. The molecule has 5 nitrogen and oxygen atoms in total. The molecule has 0 bridgehead atoms. The van der Waals surface area contributed by atoms with E-state index in [4.69, 9.17) is 9.72 Å². The van der Waals surface area contributed by atoms with Crippen molar-refractivity contribution in [2.45, 2.75) is 6.04 Å². The van der Waals surface area contributed by atoms with E-state index in [2.05, 4.69) is 24.1 Å². The highest BCUT2D eigenvalue weighted by atomic mass is 127. The predicted molar refractivity (Wildman–Crippen MR) is 124 cm³/mol. The van der Waals surface area contributed by atoms with Gasteiger partial charge in [0, 0.05) is 43.0 Å². The summed E-state index contributed by atoms with van der Waals surface area (Å²) in [6.45, 7) is 5.02. The number of hydrogen-bond acceptors (Lipinski definition) is 4. The summed E-state index contributed by atoms with van der Waals surface area (Å²) < 4.78 is 5.93. The summed E-state index contributed by atoms with van der Waals surface area (Å²) in [5.74, 6) is 1.01. The highest BCUT2D eigenvalue weighted by Crippen LogP contribution is 2.35. The van der Waals surface area contributed by atoms with Crippen molar-refractivity contribution in [2.75, 3.05) is 46.4 Å². The first-order valence-electron chi connectivity index (χ1n) is 10.9. The first-order valence-corrected chi connectivity index (χ1v) is 10.9. The Morgan fingerprint density at radius 2 is 1.59 bits per heavy atom. The van der Waals surface area contributed by atoms with Crippen molar-refractivity contribution in [3.05, 3.63) is 96.2 Å². The van der Waals surface area contributed by atoms with Crippen LogP contribution in [0.25, 0.3) is 0 Å². The molecular formula is C26H30IN3O2. The molecule has 3 aromatic rings.